The van der Waals surface area contributed by atoms with Crippen LogP contribution in [0.25, 0.3) is 0 Å². The van der Waals surface area contributed by atoms with Crippen LogP contribution in [0.5, 0.6) is 5.88 Å². The maximum absolute atomic E-state index is 12.0. The number of carbonyl (C=O) groups excluding carboxylic acids is 1. The molecule has 1 saturated heterocycles. The van der Waals surface area contributed by atoms with Crippen molar-refractivity contribution in [2.75, 3.05) is 45.3 Å². The maximum Gasteiger partial charge on any atom is 0.319 e. The smallest absolute Gasteiger partial charge is 0.319 e. The zero-order chi connectivity index (χ0) is 15.1. The average Bonchev–Trinajstić information content (AvgIpc) is 2.48. The van der Waals surface area contributed by atoms with Crippen LogP contribution in [-0.4, -0.2) is 61.9 Å². The second kappa shape index (κ2) is 7.80. The first-order valence-corrected chi connectivity index (χ1v) is 7.05. The lowest BCUT2D eigenvalue weighted by Gasteiger charge is -2.29. The summed E-state index contributed by atoms with van der Waals surface area (Å²) in [6.07, 6.45) is 1.61. The van der Waals surface area contributed by atoms with E-state index in [9.17, 15) is 4.79 Å². The molecule has 1 unspecified atom stereocenters. The summed E-state index contributed by atoms with van der Waals surface area (Å²) in [6, 6.07) is 3.28. The summed E-state index contributed by atoms with van der Waals surface area (Å²) in [5, 5.41) is 5.66. The average molecular weight is 294 g/mol. The number of carbonyl (C=O) groups is 1. The van der Waals surface area contributed by atoms with Gasteiger partial charge in [0.1, 0.15) is 5.69 Å². The fourth-order valence-corrected chi connectivity index (χ4v) is 2.25. The first-order valence-electron chi connectivity index (χ1n) is 7.05. The van der Waals surface area contributed by atoms with Gasteiger partial charge in [-0.05, 0) is 19.1 Å². The van der Waals surface area contributed by atoms with E-state index < -0.39 is 0 Å². The number of ether oxygens (including phenoxy) is 2. The highest BCUT2D eigenvalue weighted by Gasteiger charge is 2.15. The molecule has 0 radical (unpaired) electrons. The van der Waals surface area contributed by atoms with Crippen molar-refractivity contribution >= 4 is 11.7 Å². The molecule has 7 heteroatoms. The van der Waals surface area contributed by atoms with E-state index in [2.05, 4.69) is 20.5 Å². The summed E-state index contributed by atoms with van der Waals surface area (Å²) in [7, 11) is 1.52. The third-order valence-corrected chi connectivity index (χ3v) is 3.23. The Morgan fingerprint density at radius 3 is 3.00 bits per heavy atom. The van der Waals surface area contributed by atoms with E-state index in [1.807, 2.05) is 6.92 Å². The summed E-state index contributed by atoms with van der Waals surface area (Å²) in [4.78, 5) is 18.3. The molecule has 2 heterocycles. The highest BCUT2D eigenvalue weighted by Crippen LogP contribution is 2.19. The zero-order valence-electron chi connectivity index (χ0n) is 12.5. The van der Waals surface area contributed by atoms with Crippen LogP contribution in [0.4, 0.5) is 10.5 Å². The fourth-order valence-electron chi connectivity index (χ4n) is 2.25. The number of aromatic nitrogens is 1. The number of rotatable bonds is 5. The Morgan fingerprint density at radius 1 is 1.52 bits per heavy atom. The van der Waals surface area contributed by atoms with Gasteiger partial charge in [-0.3, -0.25) is 4.90 Å². The minimum absolute atomic E-state index is 0.0470. The number of morpholine rings is 1. The summed E-state index contributed by atoms with van der Waals surface area (Å²) in [5.74, 6) is 0.397. The van der Waals surface area contributed by atoms with Gasteiger partial charge in [-0.2, -0.15) is 0 Å². The quantitative estimate of drug-likeness (QED) is 0.845. The van der Waals surface area contributed by atoms with Gasteiger partial charge in [0.15, 0.2) is 0 Å². The molecule has 1 aliphatic rings. The summed E-state index contributed by atoms with van der Waals surface area (Å²) in [6.45, 7) is 6.11. The van der Waals surface area contributed by atoms with E-state index in [4.69, 9.17) is 9.47 Å². The Labute approximate surface area is 124 Å². The molecule has 116 valence electrons. The van der Waals surface area contributed by atoms with Crippen LogP contribution >= 0.6 is 0 Å². The van der Waals surface area contributed by atoms with Gasteiger partial charge in [-0.25, -0.2) is 9.78 Å². The van der Waals surface area contributed by atoms with E-state index in [1.54, 1.807) is 18.3 Å². The maximum atomic E-state index is 12.0. The predicted molar refractivity (Wildman–Crippen MR) is 79.7 cm³/mol. The Balaban J connectivity index is 1.80. The van der Waals surface area contributed by atoms with Gasteiger partial charge < -0.3 is 20.1 Å². The van der Waals surface area contributed by atoms with Crippen LogP contribution in [0.2, 0.25) is 0 Å². The van der Waals surface area contributed by atoms with E-state index in [-0.39, 0.29) is 12.1 Å². The number of hydrogen-bond donors (Lipinski definition) is 2. The molecule has 0 saturated carbocycles. The molecular formula is C14H22N4O3. The van der Waals surface area contributed by atoms with Gasteiger partial charge in [0.25, 0.3) is 0 Å². The van der Waals surface area contributed by atoms with Gasteiger partial charge in [0.05, 0.1) is 20.3 Å². The standard InChI is InChI=1S/C14H22N4O3/c1-11(10-18-6-8-21-9-7-18)16-14(19)17-12-4-3-5-15-13(12)20-2/h3-5,11H,6-10H2,1-2H3,(H2,16,17,19). The number of hydrogen-bond acceptors (Lipinski definition) is 5. The number of amides is 2. The van der Waals surface area contributed by atoms with Gasteiger partial charge in [0.2, 0.25) is 5.88 Å². The monoisotopic (exact) mass is 294 g/mol. The van der Waals surface area contributed by atoms with Crippen LogP contribution in [0.3, 0.4) is 0 Å². The molecule has 2 N–H and O–H groups in total. The minimum Gasteiger partial charge on any atom is -0.480 e. The lowest BCUT2D eigenvalue weighted by atomic mass is 10.3. The van der Waals surface area contributed by atoms with E-state index in [0.29, 0.717) is 11.6 Å². The Kier molecular flexibility index (Phi) is 5.77. The molecule has 1 aliphatic heterocycles. The molecule has 0 aliphatic carbocycles. The van der Waals surface area contributed by atoms with Crippen molar-refractivity contribution in [1.29, 1.82) is 0 Å². The number of anilines is 1. The first kappa shape index (κ1) is 15.5. The highest BCUT2D eigenvalue weighted by atomic mass is 16.5. The minimum atomic E-state index is -0.262. The molecule has 1 aromatic heterocycles. The summed E-state index contributed by atoms with van der Waals surface area (Å²) < 4.78 is 10.4. The summed E-state index contributed by atoms with van der Waals surface area (Å²) >= 11 is 0. The topological polar surface area (TPSA) is 75.7 Å². The number of pyridine rings is 1. The third kappa shape index (κ3) is 4.87. The molecular weight excluding hydrogens is 272 g/mol. The van der Waals surface area contributed by atoms with Crippen LogP contribution in [0.1, 0.15) is 6.92 Å². The molecule has 7 nitrogen and oxygen atoms in total. The van der Waals surface area contributed by atoms with Crippen LogP contribution in [0, 0.1) is 0 Å². The number of methoxy groups -OCH3 is 1. The van der Waals surface area contributed by atoms with Crippen molar-refractivity contribution in [2.45, 2.75) is 13.0 Å². The van der Waals surface area contributed by atoms with Crippen molar-refractivity contribution in [2.24, 2.45) is 0 Å². The SMILES string of the molecule is COc1ncccc1NC(=O)NC(C)CN1CCOCC1. The first-order chi connectivity index (χ1) is 10.2. The van der Waals surface area contributed by atoms with Crippen molar-refractivity contribution in [1.82, 2.24) is 15.2 Å². The third-order valence-electron chi connectivity index (χ3n) is 3.23. The summed E-state index contributed by atoms with van der Waals surface area (Å²) in [5.41, 5.74) is 0.552. The Bertz CT molecular complexity index is 463. The zero-order valence-corrected chi connectivity index (χ0v) is 12.5. The van der Waals surface area contributed by atoms with Crippen LogP contribution < -0.4 is 15.4 Å². The normalized spacial score (nSPS) is 17.0. The van der Waals surface area contributed by atoms with Crippen molar-refractivity contribution in [3.8, 4) is 5.88 Å². The van der Waals surface area contributed by atoms with Gasteiger partial charge in [-0.1, -0.05) is 0 Å². The molecule has 2 rings (SSSR count). The van der Waals surface area contributed by atoms with Crippen molar-refractivity contribution in [3.05, 3.63) is 18.3 Å². The highest BCUT2D eigenvalue weighted by molar-refractivity contribution is 5.90. The number of urea groups is 1. The lowest BCUT2D eigenvalue weighted by molar-refractivity contribution is 0.0350. The molecule has 0 bridgehead atoms. The van der Waals surface area contributed by atoms with E-state index in [0.717, 1.165) is 32.8 Å². The van der Waals surface area contributed by atoms with Crippen molar-refractivity contribution in [3.63, 3.8) is 0 Å². The molecule has 2 amide bonds. The van der Waals surface area contributed by atoms with Crippen LogP contribution in [0.15, 0.2) is 18.3 Å². The van der Waals surface area contributed by atoms with E-state index >= 15 is 0 Å². The molecule has 0 aromatic carbocycles. The predicted octanol–water partition coefficient (Wildman–Crippen LogP) is 0.932. The van der Waals surface area contributed by atoms with Crippen molar-refractivity contribution < 1.29 is 14.3 Å². The molecule has 21 heavy (non-hydrogen) atoms. The molecule has 0 spiro atoms. The van der Waals surface area contributed by atoms with Crippen LogP contribution in [-0.2, 0) is 4.74 Å². The number of nitrogens with one attached hydrogen (secondary N) is 2. The molecule has 1 atom stereocenters. The second-order valence-corrected chi connectivity index (χ2v) is 4.97. The molecule has 1 aromatic rings. The van der Waals surface area contributed by atoms with Gasteiger partial charge >= 0.3 is 6.03 Å². The lowest BCUT2D eigenvalue weighted by Crippen LogP contribution is -2.47. The fraction of sp³-hybridized carbons (Fsp3) is 0.571. The number of nitrogens with zero attached hydrogens (tertiary/aromatic N) is 2. The van der Waals surface area contributed by atoms with E-state index in [1.165, 1.54) is 7.11 Å². The second-order valence-electron chi connectivity index (χ2n) is 4.97. The Hall–Kier alpha value is -1.86. The molecule has 1 fully saturated rings. The Morgan fingerprint density at radius 2 is 2.29 bits per heavy atom. The van der Waals surface area contributed by atoms with Gasteiger partial charge in [-0.15, -0.1) is 0 Å². The van der Waals surface area contributed by atoms with Gasteiger partial charge in [0, 0.05) is 31.9 Å². The largest absolute Gasteiger partial charge is 0.480 e.